The van der Waals surface area contributed by atoms with Crippen LogP contribution >= 0.6 is 11.3 Å². The lowest BCUT2D eigenvalue weighted by Gasteiger charge is -2.00. The Bertz CT molecular complexity index is 442. The number of nitrogens with one attached hydrogen (secondary N) is 1. The number of hydrogen-bond acceptors (Lipinski definition) is 4. The minimum atomic E-state index is -3.40. The Morgan fingerprint density at radius 1 is 1.71 bits per heavy atom. The van der Waals surface area contributed by atoms with Gasteiger partial charge in [0.2, 0.25) is 0 Å². The van der Waals surface area contributed by atoms with Crippen LogP contribution in [0.1, 0.15) is 11.4 Å². The van der Waals surface area contributed by atoms with Crippen molar-refractivity contribution in [1.29, 1.82) is 0 Å². The second-order valence-corrected chi connectivity index (χ2v) is 5.78. The van der Waals surface area contributed by atoms with Crippen molar-refractivity contribution in [3.63, 3.8) is 0 Å². The van der Waals surface area contributed by atoms with Crippen LogP contribution < -0.4 is 4.72 Å². The molecule has 0 spiro atoms. The van der Waals surface area contributed by atoms with E-state index in [1.165, 1.54) is 6.20 Å². The van der Waals surface area contributed by atoms with Crippen molar-refractivity contribution in [3.05, 3.63) is 11.2 Å². The summed E-state index contributed by atoms with van der Waals surface area (Å²) >= 11 is 1.14. The van der Waals surface area contributed by atoms with E-state index < -0.39 is 10.0 Å². The first kappa shape index (κ1) is 11.2. The minimum absolute atomic E-state index is 0.229. The summed E-state index contributed by atoms with van der Waals surface area (Å²) < 4.78 is 25.6. The predicted octanol–water partition coefficient (Wildman–Crippen LogP) is 0.753. The number of sulfonamides is 1. The van der Waals surface area contributed by atoms with Gasteiger partial charge in [-0.2, -0.15) is 0 Å². The third-order valence-corrected chi connectivity index (χ3v) is 4.26. The van der Waals surface area contributed by atoms with Crippen LogP contribution in [0.3, 0.4) is 0 Å². The fraction of sp³-hybridized carbons (Fsp3) is 0.375. The van der Waals surface area contributed by atoms with E-state index in [4.69, 9.17) is 6.42 Å². The zero-order valence-corrected chi connectivity index (χ0v) is 9.28. The molecular weight excluding hydrogens is 220 g/mol. The average molecular weight is 230 g/mol. The average Bonchev–Trinajstić information content (AvgIpc) is 2.53. The Kier molecular flexibility index (Phi) is 3.63. The lowest BCUT2D eigenvalue weighted by Crippen LogP contribution is -2.23. The maximum atomic E-state index is 11.5. The molecule has 1 heterocycles. The van der Waals surface area contributed by atoms with Crippen LogP contribution in [-0.4, -0.2) is 19.9 Å². The van der Waals surface area contributed by atoms with E-state index in [2.05, 4.69) is 15.6 Å². The fourth-order valence-electron chi connectivity index (χ4n) is 0.795. The largest absolute Gasteiger partial charge is 0.251 e. The first-order chi connectivity index (χ1) is 6.56. The van der Waals surface area contributed by atoms with E-state index in [0.717, 1.165) is 16.3 Å². The molecule has 0 unspecified atom stereocenters. The first-order valence-corrected chi connectivity index (χ1v) is 6.22. The monoisotopic (exact) mass is 230 g/mol. The summed E-state index contributed by atoms with van der Waals surface area (Å²) in [6.45, 7) is 2.01. The molecule has 4 nitrogen and oxygen atoms in total. The van der Waals surface area contributed by atoms with Crippen molar-refractivity contribution >= 4 is 21.4 Å². The molecule has 6 heteroatoms. The van der Waals surface area contributed by atoms with Gasteiger partial charge in [-0.1, -0.05) is 0 Å². The van der Waals surface area contributed by atoms with Crippen LogP contribution in [0.15, 0.2) is 10.4 Å². The van der Waals surface area contributed by atoms with E-state index in [-0.39, 0.29) is 10.8 Å². The highest BCUT2D eigenvalue weighted by molar-refractivity contribution is 7.91. The number of terminal acetylenes is 1. The van der Waals surface area contributed by atoms with Crippen molar-refractivity contribution in [2.45, 2.75) is 17.6 Å². The third kappa shape index (κ3) is 2.80. The molecule has 1 rings (SSSR count). The molecule has 0 aliphatic carbocycles. The Morgan fingerprint density at radius 3 is 2.93 bits per heavy atom. The van der Waals surface area contributed by atoms with Crippen molar-refractivity contribution in [2.75, 3.05) is 6.54 Å². The summed E-state index contributed by atoms with van der Waals surface area (Å²) in [6, 6.07) is 0. The van der Waals surface area contributed by atoms with Crippen molar-refractivity contribution in [3.8, 4) is 12.3 Å². The lowest BCUT2D eigenvalue weighted by molar-refractivity contribution is 0.584. The molecule has 0 aliphatic heterocycles. The number of thiazole rings is 1. The fourth-order valence-corrected chi connectivity index (χ4v) is 2.98. The smallest absolute Gasteiger partial charge is 0.249 e. The highest BCUT2D eigenvalue weighted by Crippen LogP contribution is 2.17. The van der Waals surface area contributed by atoms with Gasteiger partial charge in [-0.25, -0.2) is 18.1 Å². The van der Waals surface area contributed by atoms with Gasteiger partial charge in [-0.05, 0) is 6.92 Å². The predicted molar refractivity (Wildman–Crippen MR) is 55.5 cm³/mol. The number of aromatic nitrogens is 1. The highest BCUT2D eigenvalue weighted by atomic mass is 32.2. The summed E-state index contributed by atoms with van der Waals surface area (Å²) in [7, 11) is -3.40. The molecule has 76 valence electrons. The Labute approximate surface area is 87.4 Å². The molecule has 0 saturated carbocycles. The molecule has 0 aliphatic rings. The second kappa shape index (κ2) is 4.55. The summed E-state index contributed by atoms with van der Waals surface area (Å²) in [4.78, 5) is 3.87. The van der Waals surface area contributed by atoms with Crippen LogP contribution in [0.25, 0.3) is 0 Å². The Balaban J connectivity index is 2.72. The van der Waals surface area contributed by atoms with Crippen LogP contribution in [0.4, 0.5) is 0 Å². The van der Waals surface area contributed by atoms with Crippen LogP contribution in [0.5, 0.6) is 0 Å². The number of nitrogens with zero attached hydrogens (tertiary/aromatic N) is 1. The van der Waals surface area contributed by atoms with Crippen molar-refractivity contribution < 1.29 is 8.42 Å². The van der Waals surface area contributed by atoms with Crippen LogP contribution in [-0.2, 0) is 10.0 Å². The van der Waals surface area contributed by atoms with Crippen LogP contribution in [0, 0.1) is 19.3 Å². The van der Waals surface area contributed by atoms with Gasteiger partial charge >= 0.3 is 0 Å². The maximum Gasteiger partial charge on any atom is 0.251 e. The standard InChI is InChI=1S/C8H10N2O2S2/c1-3-4-5-10-14(11,12)8-6-9-7(2)13-8/h1,6,10H,4-5H2,2H3. The molecule has 0 aromatic carbocycles. The number of rotatable bonds is 4. The summed E-state index contributed by atoms with van der Waals surface area (Å²) in [5.41, 5.74) is 0. The van der Waals surface area contributed by atoms with E-state index in [1.54, 1.807) is 6.92 Å². The summed E-state index contributed by atoms with van der Waals surface area (Å²) in [6.07, 6.45) is 6.74. The van der Waals surface area contributed by atoms with Crippen LogP contribution in [0.2, 0.25) is 0 Å². The van der Waals surface area contributed by atoms with E-state index in [9.17, 15) is 8.42 Å². The third-order valence-electron chi connectivity index (χ3n) is 1.43. The number of hydrogen-bond donors (Lipinski definition) is 1. The van der Waals surface area contributed by atoms with Gasteiger partial charge in [-0.3, -0.25) is 0 Å². The molecule has 0 saturated heterocycles. The molecule has 0 fully saturated rings. The molecule has 0 bridgehead atoms. The lowest BCUT2D eigenvalue weighted by atomic mass is 10.5. The molecule has 0 atom stereocenters. The Hall–Kier alpha value is -0.900. The molecule has 1 aromatic rings. The minimum Gasteiger partial charge on any atom is -0.249 e. The molecule has 0 radical (unpaired) electrons. The molecule has 0 amide bonds. The van der Waals surface area contributed by atoms with Gasteiger partial charge in [0.1, 0.15) is 0 Å². The number of aryl methyl sites for hydroxylation is 1. The quantitative estimate of drug-likeness (QED) is 0.613. The van der Waals surface area contributed by atoms with Gasteiger partial charge in [0.15, 0.2) is 4.21 Å². The van der Waals surface area contributed by atoms with E-state index in [0.29, 0.717) is 6.42 Å². The van der Waals surface area contributed by atoms with Crippen molar-refractivity contribution in [1.82, 2.24) is 9.71 Å². The van der Waals surface area contributed by atoms with Gasteiger partial charge in [0.05, 0.1) is 11.2 Å². The highest BCUT2D eigenvalue weighted by Gasteiger charge is 2.15. The zero-order valence-electron chi connectivity index (χ0n) is 7.65. The van der Waals surface area contributed by atoms with Crippen molar-refractivity contribution in [2.24, 2.45) is 0 Å². The topological polar surface area (TPSA) is 59.1 Å². The van der Waals surface area contributed by atoms with Gasteiger partial charge in [-0.15, -0.1) is 23.7 Å². The van der Waals surface area contributed by atoms with Gasteiger partial charge in [0, 0.05) is 13.0 Å². The summed E-state index contributed by atoms with van der Waals surface area (Å²) in [5.74, 6) is 2.36. The van der Waals surface area contributed by atoms with Gasteiger partial charge in [0.25, 0.3) is 10.0 Å². The SMILES string of the molecule is C#CCCNS(=O)(=O)c1cnc(C)s1. The van der Waals surface area contributed by atoms with Gasteiger partial charge < -0.3 is 0 Å². The molecule has 1 N–H and O–H groups in total. The molecule has 1 aromatic heterocycles. The normalized spacial score (nSPS) is 11.1. The maximum absolute atomic E-state index is 11.5. The Morgan fingerprint density at radius 2 is 2.43 bits per heavy atom. The molecular formula is C8H10N2O2S2. The first-order valence-electron chi connectivity index (χ1n) is 3.92. The van der Waals surface area contributed by atoms with E-state index >= 15 is 0 Å². The molecule has 14 heavy (non-hydrogen) atoms. The zero-order chi connectivity index (χ0) is 10.6. The van der Waals surface area contributed by atoms with E-state index in [1.807, 2.05) is 0 Å². The second-order valence-electron chi connectivity index (χ2n) is 2.55. The summed E-state index contributed by atoms with van der Waals surface area (Å²) in [5, 5.41) is 0.724.